The average molecular weight is 204 g/mol. The van der Waals surface area contributed by atoms with E-state index in [9.17, 15) is 0 Å². The van der Waals surface area contributed by atoms with Gasteiger partial charge in [-0.05, 0) is 50.3 Å². The monoisotopic (exact) mass is 204 g/mol. The Morgan fingerprint density at radius 1 is 1.00 bits per heavy atom. The van der Waals surface area contributed by atoms with E-state index in [0.717, 1.165) is 19.0 Å². The Kier molecular flexibility index (Phi) is 9.17. The molecular formula is C10H25N2P. The molecule has 80 valence electrons. The summed E-state index contributed by atoms with van der Waals surface area (Å²) >= 11 is 0. The molecule has 3 heteroatoms. The minimum absolute atomic E-state index is 0.228. The van der Waals surface area contributed by atoms with Gasteiger partial charge < -0.3 is 11.5 Å². The first-order chi connectivity index (χ1) is 6.20. The Hall–Kier alpha value is 0.350. The van der Waals surface area contributed by atoms with Crippen LogP contribution in [0.1, 0.15) is 26.7 Å². The van der Waals surface area contributed by atoms with Gasteiger partial charge in [-0.2, -0.15) is 0 Å². The Bertz CT molecular complexity index is 99.1. The van der Waals surface area contributed by atoms with E-state index < -0.39 is 0 Å². The largest absolute Gasteiger partial charge is 0.330 e. The van der Waals surface area contributed by atoms with Gasteiger partial charge in [0.2, 0.25) is 0 Å². The fourth-order valence-corrected chi connectivity index (χ4v) is 4.32. The highest BCUT2D eigenvalue weighted by molar-refractivity contribution is 7.57. The third-order valence-corrected chi connectivity index (χ3v) is 5.12. The average Bonchev–Trinajstić information content (AvgIpc) is 2.09. The molecule has 0 unspecified atom stereocenters. The summed E-state index contributed by atoms with van der Waals surface area (Å²) < 4.78 is 0. The van der Waals surface area contributed by atoms with Crippen LogP contribution in [0, 0.1) is 5.92 Å². The van der Waals surface area contributed by atoms with Gasteiger partial charge in [0.1, 0.15) is 0 Å². The molecule has 0 saturated heterocycles. The zero-order chi connectivity index (χ0) is 10.1. The number of rotatable bonds is 8. The number of hydrogen-bond donors (Lipinski definition) is 2. The van der Waals surface area contributed by atoms with E-state index in [-0.39, 0.29) is 7.92 Å². The van der Waals surface area contributed by atoms with Gasteiger partial charge in [0.25, 0.3) is 0 Å². The Labute approximate surface area is 84.2 Å². The lowest BCUT2D eigenvalue weighted by atomic mass is 10.3. The maximum Gasteiger partial charge on any atom is -0.00739 e. The van der Waals surface area contributed by atoms with Crippen molar-refractivity contribution in [1.29, 1.82) is 0 Å². The van der Waals surface area contributed by atoms with Crippen molar-refractivity contribution in [3.05, 3.63) is 0 Å². The molecule has 0 bridgehead atoms. The minimum Gasteiger partial charge on any atom is -0.330 e. The summed E-state index contributed by atoms with van der Waals surface area (Å²) in [4.78, 5) is 0. The Morgan fingerprint density at radius 2 is 1.46 bits per heavy atom. The van der Waals surface area contributed by atoms with Gasteiger partial charge in [-0.3, -0.25) is 0 Å². The molecule has 0 aromatic heterocycles. The molecule has 0 aromatic carbocycles. The Morgan fingerprint density at radius 3 is 1.77 bits per heavy atom. The summed E-state index contributed by atoms with van der Waals surface area (Å²) in [6.45, 7) is 6.31. The number of nitrogens with two attached hydrogens (primary N) is 2. The zero-order valence-electron chi connectivity index (χ0n) is 9.13. The van der Waals surface area contributed by atoms with E-state index in [1.165, 1.54) is 31.3 Å². The van der Waals surface area contributed by atoms with E-state index in [2.05, 4.69) is 13.8 Å². The summed E-state index contributed by atoms with van der Waals surface area (Å²) in [5.74, 6) is 0.835. The predicted octanol–water partition coefficient (Wildman–Crippen LogP) is 1.82. The van der Waals surface area contributed by atoms with Gasteiger partial charge in [0, 0.05) is 0 Å². The fraction of sp³-hybridized carbons (Fsp3) is 1.00. The second kappa shape index (κ2) is 8.93. The normalized spacial score (nSPS) is 11.5. The first-order valence-corrected chi connectivity index (χ1v) is 7.23. The molecule has 0 amide bonds. The molecule has 0 aliphatic rings. The standard InChI is InChI=1S/C10H25N2P/c1-10(2)9-13(7-3-5-11)8-4-6-12/h10H,3-9,11-12H2,1-2H3. The molecule has 0 rings (SSSR count). The van der Waals surface area contributed by atoms with Crippen LogP contribution in [0.3, 0.4) is 0 Å². The maximum atomic E-state index is 5.52. The maximum absolute atomic E-state index is 5.52. The summed E-state index contributed by atoms with van der Waals surface area (Å²) in [6.07, 6.45) is 6.50. The first kappa shape index (κ1) is 13.4. The second-order valence-electron chi connectivity index (χ2n) is 3.98. The molecular weight excluding hydrogens is 179 g/mol. The van der Waals surface area contributed by atoms with Crippen LogP contribution in [-0.2, 0) is 0 Å². The smallest absolute Gasteiger partial charge is 0.00739 e. The van der Waals surface area contributed by atoms with Crippen LogP contribution in [0.25, 0.3) is 0 Å². The van der Waals surface area contributed by atoms with Crippen LogP contribution in [0.2, 0.25) is 0 Å². The van der Waals surface area contributed by atoms with Crippen molar-refractivity contribution in [1.82, 2.24) is 0 Å². The van der Waals surface area contributed by atoms with E-state index >= 15 is 0 Å². The molecule has 0 atom stereocenters. The molecule has 0 aliphatic heterocycles. The minimum atomic E-state index is 0.228. The van der Waals surface area contributed by atoms with E-state index in [1.807, 2.05) is 0 Å². The zero-order valence-corrected chi connectivity index (χ0v) is 10.0. The number of hydrogen-bond acceptors (Lipinski definition) is 2. The lowest BCUT2D eigenvalue weighted by molar-refractivity contribution is 0.739. The van der Waals surface area contributed by atoms with Crippen molar-refractivity contribution in [2.45, 2.75) is 26.7 Å². The van der Waals surface area contributed by atoms with Crippen LogP contribution >= 0.6 is 7.92 Å². The molecule has 13 heavy (non-hydrogen) atoms. The van der Waals surface area contributed by atoms with Gasteiger partial charge in [-0.15, -0.1) is 7.92 Å². The predicted molar refractivity (Wildman–Crippen MR) is 63.7 cm³/mol. The summed E-state index contributed by atoms with van der Waals surface area (Å²) in [7, 11) is 0.228. The van der Waals surface area contributed by atoms with E-state index in [4.69, 9.17) is 11.5 Å². The third-order valence-electron chi connectivity index (χ3n) is 1.98. The molecule has 0 radical (unpaired) electrons. The SMILES string of the molecule is CC(C)CP(CCCN)CCCN. The van der Waals surface area contributed by atoms with Crippen molar-refractivity contribution in [2.24, 2.45) is 17.4 Å². The van der Waals surface area contributed by atoms with Crippen molar-refractivity contribution in [2.75, 3.05) is 31.6 Å². The third kappa shape index (κ3) is 8.67. The van der Waals surface area contributed by atoms with Crippen molar-refractivity contribution in [3.63, 3.8) is 0 Å². The Balaban J connectivity index is 3.60. The van der Waals surface area contributed by atoms with E-state index in [1.54, 1.807) is 0 Å². The second-order valence-corrected chi connectivity index (χ2v) is 6.58. The van der Waals surface area contributed by atoms with Crippen LogP contribution in [0.15, 0.2) is 0 Å². The van der Waals surface area contributed by atoms with Crippen LogP contribution in [0.4, 0.5) is 0 Å². The highest BCUT2D eigenvalue weighted by Crippen LogP contribution is 2.38. The first-order valence-electron chi connectivity index (χ1n) is 5.33. The lowest BCUT2D eigenvalue weighted by Crippen LogP contribution is -2.08. The van der Waals surface area contributed by atoms with Gasteiger partial charge in [0.05, 0.1) is 0 Å². The molecule has 4 N–H and O–H groups in total. The highest BCUT2D eigenvalue weighted by atomic mass is 31.1. The van der Waals surface area contributed by atoms with Crippen molar-refractivity contribution in [3.8, 4) is 0 Å². The highest BCUT2D eigenvalue weighted by Gasteiger charge is 2.08. The van der Waals surface area contributed by atoms with Gasteiger partial charge in [-0.25, -0.2) is 0 Å². The van der Waals surface area contributed by atoms with Crippen LogP contribution in [0.5, 0.6) is 0 Å². The fourth-order valence-electron chi connectivity index (χ4n) is 1.44. The molecule has 0 fully saturated rings. The van der Waals surface area contributed by atoms with Crippen LogP contribution < -0.4 is 11.5 Å². The summed E-state index contributed by atoms with van der Waals surface area (Å²) in [5, 5.41) is 0. The molecule has 0 spiro atoms. The quantitative estimate of drug-likeness (QED) is 0.592. The topological polar surface area (TPSA) is 52.0 Å². The molecule has 0 aliphatic carbocycles. The lowest BCUT2D eigenvalue weighted by Gasteiger charge is -2.19. The molecule has 0 aromatic rings. The summed E-state index contributed by atoms with van der Waals surface area (Å²) in [6, 6.07) is 0. The van der Waals surface area contributed by atoms with Crippen LogP contribution in [-0.4, -0.2) is 31.6 Å². The van der Waals surface area contributed by atoms with Gasteiger partial charge in [-0.1, -0.05) is 13.8 Å². The van der Waals surface area contributed by atoms with Gasteiger partial charge in [0.15, 0.2) is 0 Å². The van der Waals surface area contributed by atoms with E-state index in [0.29, 0.717) is 0 Å². The van der Waals surface area contributed by atoms with Crippen molar-refractivity contribution >= 4 is 7.92 Å². The van der Waals surface area contributed by atoms with Crippen molar-refractivity contribution < 1.29 is 0 Å². The summed E-state index contributed by atoms with van der Waals surface area (Å²) in [5.41, 5.74) is 11.0. The molecule has 0 heterocycles. The van der Waals surface area contributed by atoms with Gasteiger partial charge >= 0.3 is 0 Å². The molecule has 0 saturated carbocycles. The molecule has 2 nitrogen and oxygen atoms in total.